The van der Waals surface area contributed by atoms with Gasteiger partial charge in [-0.15, -0.1) is 0 Å². The van der Waals surface area contributed by atoms with Crippen molar-refractivity contribution in [1.82, 2.24) is 10.2 Å². The second-order valence-electron chi connectivity index (χ2n) is 9.87. The standard InChI is InChI=1S/C30H35ClN4O8S/c1-6-15-32-30(37)21(3)33(18-22-8-11-24(42-4)12-9-22)29(36)19-34(27-16-23(31)10-14-28(27)43-5)44(40,41)25-13-7-20(2)26(17-25)35(38)39/h7-14,16-17,21H,6,15,18-19H2,1-5H3,(H,32,37)/t21-/m1/s1. The van der Waals surface area contributed by atoms with Crippen LogP contribution in [0.1, 0.15) is 31.4 Å². The molecule has 1 N–H and O–H groups in total. The maximum Gasteiger partial charge on any atom is 0.273 e. The largest absolute Gasteiger partial charge is 0.497 e. The molecule has 1 atom stereocenters. The van der Waals surface area contributed by atoms with Crippen LogP contribution in [0.2, 0.25) is 5.02 Å². The number of nitro benzene ring substituents is 1. The third kappa shape index (κ3) is 7.97. The lowest BCUT2D eigenvalue weighted by Gasteiger charge is -2.32. The van der Waals surface area contributed by atoms with Crippen molar-refractivity contribution < 1.29 is 32.4 Å². The number of sulfonamides is 1. The lowest BCUT2D eigenvalue weighted by atomic mass is 10.1. The van der Waals surface area contributed by atoms with E-state index >= 15 is 0 Å². The highest BCUT2D eigenvalue weighted by molar-refractivity contribution is 7.92. The van der Waals surface area contributed by atoms with Gasteiger partial charge in [0.25, 0.3) is 15.7 Å². The molecular formula is C30H35ClN4O8S. The van der Waals surface area contributed by atoms with Crippen LogP contribution in [0.3, 0.4) is 0 Å². The Morgan fingerprint density at radius 2 is 1.73 bits per heavy atom. The number of amides is 2. The predicted octanol–water partition coefficient (Wildman–Crippen LogP) is 4.71. The molecule has 0 fully saturated rings. The van der Waals surface area contributed by atoms with Crippen LogP contribution in [0.15, 0.2) is 65.6 Å². The van der Waals surface area contributed by atoms with Gasteiger partial charge in [-0.05, 0) is 62.2 Å². The normalized spacial score (nSPS) is 11.8. The number of ether oxygens (including phenoxy) is 2. The number of hydrogen-bond acceptors (Lipinski definition) is 8. The van der Waals surface area contributed by atoms with Crippen LogP contribution >= 0.6 is 11.6 Å². The number of hydrogen-bond donors (Lipinski definition) is 1. The molecule has 0 aliphatic rings. The molecule has 14 heteroatoms. The molecule has 0 aliphatic heterocycles. The number of nitrogens with zero attached hydrogens (tertiary/aromatic N) is 3. The van der Waals surface area contributed by atoms with E-state index in [1.54, 1.807) is 31.2 Å². The summed E-state index contributed by atoms with van der Waals surface area (Å²) in [4.78, 5) is 38.9. The molecule has 0 saturated heterocycles. The van der Waals surface area contributed by atoms with Gasteiger partial charge in [-0.2, -0.15) is 0 Å². The number of benzene rings is 3. The van der Waals surface area contributed by atoms with Crippen molar-refractivity contribution in [1.29, 1.82) is 0 Å². The van der Waals surface area contributed by atoms with Crippen molar-refractivity contribution in [2.45, 2.75) is 44.7 Å². The first-order valence-corrected chi connectivity index (χ1v) is 15.5. The summed E-state index contributed by atoms with van der Waals surface area (Å²) < 4.78 is 39.7. The molecule has 0 unspecified atom stereocenters. The molecular weight excluding hydrogens is 612 g/mol. The SMILES string of the molecule is CCCNC(=O)[C@@H](C)N(Cc1ccc(OC)cc1)C(=O)CN(c1cc(Cl)ccc1OC)S(=O)(=O)c1ccc(C)c([N+](=O)[O-])c1. The van der Waals surface area contributed by atoms with Crippen molar-refractivity contribution >= 4 is 44.8 Å². The Morgan fingerprint density at radius 3 is 2.32 bits per heavy atom. The summed E-state index contributed by atoms with van der Waals surface area (Å²) in [6.45, 7) is 4.51. The quantitative estimate of drug-likeness (QED) is 0.196. The van der Waals surface area contributed by atoms with Gasteiger partial charge >= 0.3 is 0 Å². The number of nitrogens with one attached hydrogen (secondary N) is 1. The minimum absolute atomic E-state index is 0.0277. The summed E-state index contributed by atoms with van der Waals surface area (Å²) in [7, 11) is -1.77. The molecule has 236 valence electrons. The summed E-state index contributed by atoms with van der Waals surface area (Å²) in [5, 5.41) is 14.6. The molecule has 12 nitrogen and oxygen atoms in total. The Hall–Kier alpha value is -4.36. The number of anilines is 1. The zero-order chi connectivity index (χ0) is 32.6. The van der Waals surface area contributed by atoms with Crippen LogP contribution in [0.25, 0.3) is 0 Å². The molecule has 0 aromatic heterocycles. The molecule has 44 heavy (non-hydrogen) atoms. The second kappa shape index (κ2) is 14.9. The summed E-state index contributed by atoms with van der Waals surface area (Å²) in [6.07, 6.45) is 0.675. The number of nitro groups is 1. The minimum atomic E-state index is -4.62. The van der Waals surface area contributed by atoms with Gasteiger partial charge in [0, 0.05) is 29.7 Å². The van der Waals surface area contributed by atoms with Gasteiger partial charge in [0.2, 0.25) is 11.8 Å². The van der Waals surface area contributed by atoms with Gasteiger partial charge in [-0.25, -0.2) is 8.42 Å². The fraction of sp³-hybridized carbons (Fsp3) is 0.333. The molecule has 0 bridgehead atoms. The predicted molar refractivity (Wildman–Crippen MR) is 167 cm³/mol. The van der Waals surface area contributed by atoms with Crippen LogP contribution in [-0.2, 0) is 26.2 Å². The van der Waals surface area contributed by atoms with Crippen LogP contribution in [0, 0.1) is 17.0 Å². The highest BCUT2D eigenvalue weighted by Crippen LogP contribution is 2.36. The van der Waals surface area contributed by atoms with Gasteiger partial charge in [0.15, 0.2) is 0 Å². The highest BCUT2D eigenvalue weighted by atomic mass is 35.5. The zero-order valence-electron chi connectivity index (χ0n) is 25.1. The lowest BCUT2D eigenvalue weighted by Crippen LogP contribution is -2.51. The van der Waals surface area contributed by atoms with E-state index < -0.39 is 49.9 Å². The number of halogens is 1. The van der Waals surface area contributed by atoms with Crippen molar-refractivity contribution in [3.8, 4) is 11.5 Å². The molecule has 2 amide bonds. The van der Waals surface area contributed by atoms with E-state index in [1.165, 1.54) is 56.4 Å². The number of rotatable bonds is 14. The first kappa shape index (κ1) is 34.1. The Morgan fingerprint density at radius 1 is 1.05 bits per heavy atom. The third-order valence-corrected chi connectivity index (χ3v) is 8.87. The average molecular weight is 647 g/mol. The van der Waals surface area contributed by atoms with Gasteiger partial charge in [0.1, 0.15) is 24.1 Å². The monoisotopic (exact) mass is 646 g/mol. The number of carbonyl (C=O) groups is 2. The molecule has 0 heterocycles. The minimum Gasteiger partial charge on any atom is -0.497 e. The molecule has 0 spiro atoms. The van der Waals surface area contributed by atoms with E-state index in [0.717, 1.165) is 10.4 Å². The summed E-state index contributed by atoms with van der Waals surface area (Å²) in [5.41, 5.74) is 0.453. The lowest BCUT2D eigenvalue weighted by molar-refractivity contribution is -0.385. The van der Waals surface area contributed by atoms with E-state index in [1.807, 2.05) is 6.92 Å². The highest BCUT2D eigenvalue weighted by Gasteiger charge is 2.35. The summed E-state index contributed by atoms with van der Waals surface area (Å²) in [5.74, 6) is -0.453. The maximum absolute atomic E-state index is 14.2. The number of carbonyl (C=O) groups excluding carboxylic acids is 2. The smallest absolute Gasteiger partial charge is 0.273 e. The van der Waals surface area contributed by atoms with E-state index in [0.29, 0.717) is 24.3 Å². The van der Waals surface area contributed by atoms with E-state index in [9.17, 15) is 28.1 Å². The van der Waals surface area contributed by atoms with Crippen LogP contribution < -0.4 is 19.1 Å². The molecule has 3 aromatic rings. The fourth-order valence-electron chi connectivity index (χ4n) is 4.35. The van der Waals surface area contributed by atoms with Gasteiger partial charge in [0.05, 0.1) is 29.7 Å². The van der Waals surface area contributed by atoms with E-state index in [-0.39, 0.29) is 28.6 Å². The first-order chi connectivity index (χ1) is 20.8. The molecule has 0 aliphatic carbocycles. The average Bonchev–Trinajstić information content (AvgIpc) is 3.00. The Kier molecular flexibility index (Phi) is 11.5. The first-order valence-electron chi connectivity index (χ1n) is 13.6. The molecule has 0 saturated carbocycles. The maximum atomic E-state index is 14.2. The Bertz CT molecular complexity index is 1620. The van der Waals surface area contributed by atoms with Crippen molar-refractivity contribution in [2.75, 3.05) is 31.6 Å². The molecule has 3 aromatic carbocycles. The van der Waals surface area contributed by atoms with E-state index in [2.05, 4.69) is 5.32 Å². The fourth-order valence-corrected chi connectivity index (χ4v) is 5.95. The topological polar surface area (TPSA) is 148 Å². The zero-order valence-corrected chi connectivity index (χ0v) is 26.6. The molecule has 0 radical (unpaired) electrons. The number of aryl methyl sites for hydroxylation is 1. The second-order valence-corrected chi connectivity index (χ2v) is 12.2. The Labute approximate surface area is 261 Å². The van der Waals surface area contributed by atoms with Crippen molar-refractivity contribution in [2.24, 2.45) is 0 Å². The van der Waals surface area contributed by atoms with Crippen molar-refractivity contribution in [3.63, 3.8) is 0 Å². The van der Waals surface area contributed by atoms with Crippen LogP contribution in [0.5, 0.6) is 11.5 Å². The summed E-state index contributed by atoms with van der Waals surface area (Å²) in [6, 6.07) is 13.6. The van der Waals surface area contributed by atoms with Gasteiger partial charge in [-0.1, -0.05) is 36.7 Å². The van der Waals surface area contributed by atoms with Gasteiger partial charge < -0.3 is 19.7 Å². The van der Waals surface area contributed by atoms with E-state index in [4.69, 9.17) is 21.1 Å². The van der Waals surface area contributed by atoms with Crippen LogP contribution in [0.4, 0.5) is 11.4 Å². The number of methoxy groups -OCH3 is 2. The third-order valence-electron chi connectivity index (χ3n) is 6.88. The summed E-state index contributed by atoms with van der Waals surface area (Å²) >= 11 is 6.25. The van der Waals surface area contributed by atoms with Gasteiger partial charge in [-0.3, -0.25) is 24.0 Å². The van der Waals surface area contributed by atoms with Crippen molar-refractivity contribution in [3.05, 3.63) is 86.9 Å². The Balaban J connectivity index is 2.14. The molecule has 3 rings (SSSR count). The van der Waals surface area contributed by atoms with Crippen LogP contribution in [-0.4, -0.2) is 63.4 Å².